The van der Waals surface area contributed by atoms with Crippen molar-refractivity contribution in [3.63, 3.8) is 0 Å². The van der Waals surface area contributed by atoms with Crippen LogP contribution in [-0.2, 0) is 0 Å². The van der Waals surface area contributed by atoms with Gasteiger partial charge in [-0.2, -0.15) is 0 Å². The van der Waals surface area contributed by atoms with E-state index in [0.29, 0.717) is 12.2 Å². The number of nitrogens with one attached hydrogen (secondary N) is 1. The molecule has 5 heteroatoms. The Morgan fingerprint density at radius 2 is 2.33 bits per heavy atom. The molecule has 2 aromatic heterocycles. The summed E-state index contributed by atoms with van der Waals surface area (Å²) in [5.74, 6) is -0.141. The lowest BCUT2D eigenvalue weighted by Gasteiger charge is -2.05. The molecule has 2 rings (SSSR count). The van der Waals surface area contributed by atoms with Gasteiger partial charge in [0.05, 0.1) is 5.69 Å². The Hall–Kier alpha value is -1.62. The van der Waals surface area contributed by atoms with Crippen molar-refractivity contribution in [3.8, 4) is 0 Å². The van der Waals surface area contributed by atoms with Crippen LogP contribution >= 0.6 is 15.9 Å². The Morgan fingerprint density at radius 3 is 3.00 bits per heavy atom. The van der Waals surface area contributed by atoms with E-state index in [0.717, 1.165) is 21.4 Å². The summed E-state index contributed by atoms with van der Waals surface area (Å²) in [5.41, 5.74) is 3.11. The minimum Gasteiger partial charge on any atom is -0.347 e. The molecular formula is C13H14BrN3O. The van der Waals surface area contributed by atoms with E-state index in [1.165, 1.54) is 0 Å². The molecule has 0 spiro atoms. The molecule has 0 aromatic carbocycles. The van der Waals surface area contributed by atoms with Gasteiger partial charge < -0.3 is 5.32 Å². The molecule has 0 unspecified atom stereocenters. The number of carbonyl (C=O) groups is 1. The molecule has 0 fully saturated rings. The summed E-state index contributed by atoms with van der Waals surface area (Å²) in [4.78, 5) is 16.5. The average Bonchev–Trinajstić information content (AvgIpc) is 2.63. The van der Waals surface area contributed by atoms with E-state index in [1.54, 1.807) is 6.08 Å². The number of fused-ring (bicyclic) bond motifs is 1. The number of pyridine rings is 1. The molecule has 0 atom stereocenters. The van der Waals surface area contributed by atoms with E-state index in [-0.39, 0.29) is 5.91 Å². The smallest absolute Gasteiger partial charge is 0.270 e. The predicted molar refractivity (Wildman–Crippen MR) is 74.9 cm³/mol. The number of rotatable bonds is 3. The van der Waals surface area contributed by atoms with E-state index in [2.05, 4.69) is 32.8 Å². The first-order valence-corrected chi connectivity index (χ1v) is 6.37. The fourth-order valence-corrected chi connectivity index (χ4v) is 2.45. The van der Waals surface area contributed by atoms with Crippen molar-refractivity contribution >= 4 is 27.5 Å². The Morgan fingerprint density at radius 1 is 1.61 bits per heavy atom. The lowest BCUT2D eigenvalue weighted by Crippen LogP contribution is -2.25. The van der Waals surface area contributed by atoms with Crippen molar-refractivity contribution in [2.45, 2.75) is 13.8 Å². The SMILES string of the molecule is C=CCNC(=O)c1c(C)nc2c(C)cc(Br)cn12. The Kier molecular flexibility index (Phi) is 3.52. The van der Waals surface area contributed by atoms with Gasteiger partial charge in [-0.15, -0.1) is 6.58 Å². The highest BCUT2D eigenvalue weighted by molar-refractivity contribution is 9.10. The molecule has 18 heavy (non-hydrogen) atoms. The number of aromatic nitrogens is 2. The molecule has 0 aliphatic rings. The summed E-state index contributed by atoms with van der Waals surface area (Å²) in [5, 5.41) is 2.77. The third kappa shape index (κ3) is 2.18. The summed E-state index contributed by atoms with van der Waals surface area (Å²) < 4.78 is 2.73. The minimum absolute atomic E-state index is 0.141. The van der Waals surface area contributed by atoms with Crippen molar-refractivity contribution in [1.82, 2.24) is 14.7 Å². The van der Waals surface area contributed by atoms with E-state index in [1.807, 2.05) is 30.5 Å². The maximum Gasteiger partial charge on any atom is 0.270 e. The number of hydrogen-bond acceptors (Lipinski definition) is 2. The highest BCUT2D eigenvalue weighted by atomic mass is 79.9. The highest BCUT2D eigenvalue weighted by Gasteiger charge is 2.17. The number of hydrogen-bond donors (Lipinski definition) is 1. The molecule has 0 saturated carbocycles. The monoisotopic (exact) mass is 307 g/mol. The van der Waals surface area contributed by atoms with E-state index in [9.17, 15) is 4.79 Å². The number of amides is 1. The zero-order valence-electron chi connectivity index (χ0n) is 10.3. The molecule has 2 aromatic rings. The maximum absolute atomic E-state index is 12.1. The van der Waals surface area contributed by atoms with Crippen molar-refractivity contribution in [2.24, 2.45) is 0 Å². The van der Waals surface area contributed by atoms with Gasteiger partial charge >= 0.3 is 0 Å². The second-order valence-electron chi connectivity index (χ2n) is 4.08. The highest BCUT2D eigenvalue weighted by Crippen LogP contribution is 2.20. The third-order valence-corrected chi connectivity index (χ3v) is 3.10. The number of carbonyl (C=O) groups excluding carboxylic acids is 1. The standard InChI is InChI=1S/C13H14BrN3O/c1-4-5-15-13(18)11-9(3)16-12-8(2)6-10(14)7-17(11)12/h4,6-7H,1,5H2,2-3H3,(H,15,18). The van der Waals surface area contributed by atoms with E-state index < -0.39 is 0 Å². The maximum atomic E-state index is 12.1. The Balaban J connectivity index is 2.59. The van der Waals surface area contributed by atoms with Gasteiger partial charge in [-0.05, 0) is 41.4 Å². The van der Waals surface area contributed by atoms with Crippen LogP contribution in [0.15, 0.2) is 29.4 Å². The van der Waals surface area contributed by atoms with Crippen LogP contribution in [-0.4, -0.2) is 21.8 Å². The molecule has 4 nitrogen and oxygen atoms in total. The largest absolute Gasteiger partial charge is 0.347 e. The summed E-state index contributed by atoms with van der Waals surface area (Å²) in [7, 11) is 0. The first-order valence-electron chi connectivity index (χ1n) is 5.58. The minimum atomic E-state index is -0.141. The van der Waals surface area contributed by atoms with Gasteiger partial charge in [-0.3, -0.25) is 9.20 Å². The van der Waals surface area contributed by atoms with Gasteiger partial charge in [-0.1, -0.05) is 6.08 Å². The van der Waals surface area contributed by atoms with Crippen LogP contribution in [0.3, 0.4) is 0 Å². The first-order chi connectivity index (χ1) is 8.54. The van der Waals surface area contributed by atoms with Gasteiger partial charge in [0, 0.05) is 17.2 Å². The molecule has 2 heterocycles. The number of halogens is 1. The van der Waals surface area contributed by atoms with Crippen LogP contribution in [0, 0.1) is 13.8 Å². The normalized spacial score (nSPS) is 10.6. The summed E-state index contributed by atoms with van der Waals surface area (Å²) in [6, 6.07) is 1.98. The second-order valence-corrected chi connectivity index (χ2v) is 5.00. The summed E-state index contributed by atoms with van der Waals surface area (Å²) >= 11 is 3.43. The molecule has 0 radical (unpaired) electrons. The van der Waals surface area contributed by atoms with Crippen LogP contribution in [0.1, 0.15) is 21.7 Å². The van der Waals surface area contributed by atoms with Crippen molar-refractivity contribution in [1.29, 1.82) is 0 Å². The average molecular weight is 308 g/mol. The second kappa shape index (κ2) is 4.94. The summed E-state index contributed by atoms with van der Waals surface area (Å²) in [6.45, 7) is 7.83. The molecule has 0 saturated heterocycles. The zero-order chi connectivity index (χ0) is 13.3. The zero-order valence-corrected chi connectivity index (χ0v) is 11.9. The van der Waals surface area contributed by atoms with Crippen molar-refractivity contribution in [2.75, 3.05) is 6.54 Å². The third-order valence-electron chi connectivity index (χ3n) is 2.67. The lowest BCUT2D eigenvalue weighted by molar-refractivity contribution is 0.0951. The molecular weight excluding hydrogens is 294 g/mol. The fourth-order valence-electron chi connectivity index (χ4n) is 1.90. The van der Waals surface area contributed by atoms with E-state index in [4.69, 9.17) is 0 Å². The van der Waals surface area contributed by atoms with Gasteiger partial charge in [0.1, 0.15) is 11.3 Å². The Labute approximate surface area is 114 Å². The fraction of sp³-hybridized carbons (Fsp3) is 0.231. The molecule has 0 bridgehead atoms. The molecule has 0 aliphatic carbocycles. The molecule has 0 aliphatic heterocycles. The van der Waals surface area contributed by atoms with Crippen molar-refractivity contribution < 1.29 is 4.79 Å². The molecule has 94 valence electrons. The van der Waals surface area contributed by atoms with Crippen LogP contribution in [0.2, 0.25) is 0 Å². The summed E-state index contributed by atoms with van der Waals surface area (Å²) in [6.07, 6.45) is 3.50. The quantitative estimate of drug-likeness (QED) is 0.886. The lowest BCUT2D eigenvalue weighted by atomic mass is 10.3. The Bertz CT molecular complexity index is 631. The van der Waals surface area contributed by atoms with E-state index >= 15 is 0 Å². The van der Waals surface area contributed by atoms with Gasteiger partial charge in [0.15, 0.2) is 0 Å². The topological polar surface area (TPSA) is 46.4 Å². The van der Waals surface area contributed by atoms with Crippen LogP contribution < -0.4 is 5.32 Å². The van der Waals surface area contributed by atoms with Gasteiger partial charge in [0.25, 0.3) is 5.91 Å². The van der Waals surface area contributed by atoms with Crippen molar-refractivity contribution in [3.05, 3.63) is 46.3 Å². The van der Waals surface area contributed by atoms with Gasteiger partial charge in [-0.25, -0.2) is 4.98 Å². The molecule has 1 amide bonds. The van der Waals surface area contributed by atoms with Crippen LogP contribution in [0.5, 0.6) is 0 Å². The number of imidazole rings is 1. The molecule has 1 N–H and O–H groups in total. The number of nitrogens with zero attached hydrogens (tertiary/aromatic N) is 2. The number of aryl methyl sites for hydroxylation is 2. The van der Waals surface area contributed by atoms with Gasteiger partial charge in [0.2, 0.25) is 0 Å². The van der Waals surface area contributed by atoms with Crippen LogP contribution in [0.25, 0.3) is 5.65 Å². The van der Waals surface area contributed by atoms with Crippen LogP contribution in [0.4, 0.5) is 0 Å². The predicted octanol–water partition coefficient (Wildman–Crippen LogP) is 2.63. The first kappa shape index (κ1) is 12.8.